The number of ether oxygens (including phenoxy) is 1. The predicted molar refractivity (Wildman–Crippen MR) is 71.2 cm³/mol. The largest absolute Gasteiger partial charge is 0.383 e. The van der Waals surface area contributed by atoms with Crippen LogP contribution in [0.1, 0.15) is 19.4 Å². The monoisotopic (exact) mass is 256 g/mol. The Morgan fingerprint density at radius 2 is 2.24 bits per heavy atom. The summed E-state index contributed by atoms with van der Waals surface area (Å²) in [6, 6.07) is 3.94. The lowest BCUT2D eigenvalue weighted by molar-refractivity contribution is 0.136. The highest BCUT2D eigenvalue weighted by Gasteiger charge is 2.10. The fourth-order valence-corrected chi connectivity index (χ4v) is 1.93. The van der Waals surface area contributed by atoms with Gasteiger partial charge in [-0.05, 0) is 12.0 Å². The fraction of sp³-hybridized carbons (Fsp3) is 0.615. The van der Waals surface area contributed by atoms with Gasteiger partial charge >= 0.3 is 0 Å². The summed E-state index contributed by atoms with van der Waals surface area (Å²) in [5.74, 6) is 0.627. The summed E-state index contributed by atoms with van der Waals surface area (Å²) in [6.07, 6.45) is 1.72. The van der Waals surface area contributed by atoms with Crippen LogP contribution in [0.5, 0.6) is 0 Å². The fourth-order valence-electron chi connectivity index (χ4n) is 1.75. The minimum absolute atomic E-state index is 0.596. The quantitative estimate of drug-likeness (QED) is 0.702. The molecule has 0 unspecified atom stereocenters. The van der Waals surface area contributed by atoms with E-state index in [1.165, 1.54) is 0 Å². The van der Waals surface area contributed by atoms with Gasteiger partial charge in [-0.2, -0.15) is 0 Å². The first-order valence-corrected chi connectivity index (χ1v) is 6.32. The Morgan fingerprint density at radius 1 is 1.47 bits per heavy atom. The maximum Gasteiger partial charge on any atom is 0.133 e. The molecule has 0 saturated carbocycles. The minimum atomic E-state index is 0.596. The summed E-state index contributed by atoms with van der Waals surface area (Å²) in [7, 11) is 1.73. The summed E-state index contributed by atoms with van der Waals surface area (Å²) in [6.45, 7) is 7.95. The molecule has 0 spiro atoms. The maximum atomic E-state index is 6.07. The molecule has 4 heteroatoms. The van der Waals surface area contributed by atoms with E-state index in [0.29, 0.717) is 11.1 Å². The Bertz CT molecular complexity index is 331. The highest BCUT2D eigenvalue weighted by atomic mass is 35.5. The molecule has 0 aliphatic rings. The number of hydrogen-bond acceptors (Lipinski definition) is 3. The Labute approximate surface area is 109 Å². The van der Waals surface area contributed by atoms with Crippen LogP contribution in [0.2, 0.25) is 5.15 Å². The Hall–Kier alpha value is -0.640. The Balaban J connectivity index is 2.61. The third-order valence-corrected chi connectivity index (χ3v) is 2.81. The lowest BCUT2D eigenvalue weighted by atomic mass is 10.2. The first-order chi connectivity index (χ1) is 8.13. The topological polar surface area (TPSA) is 25.4 Å². The van der Waals surface area contributed by atoms with Crippen LogP contribution >= 0.6 is 11.6 Å². The summed E-state index contributed by atoms with van der Waals surface area (Å²) in [5.41, 5.74) is 1.07. The Kier molecular flexibility index (Phi) is 6.48. The van der Waals surface area contributed by atoms with Crippen LogP contribution in [-0.2, 0) is 11.3 Å². The molecule has 17 heavy (non-hydrogen) atoms. The summed E-state index contributed by atoms with van der Waals surface area (Å²) >= 11 is 6.07. The van der Waals surface area contributed by atoms with Gasteiger partial charge in [-0.1, -0.05) is 31.5 Å². The molecule has 0 aliphatic heterocycles. The number of pyridine rings is 1. The molecule has 0 fully saturated rings. The number of halogens is 1. The van der Waals surface area contributed by atoms with E-state index < -0.39 is 0 Å². The molecular weight excluding hydrogens is 236 g/mol. The van der Waals surface area contributed by atoms with Crippen LogP contribution in [0.3, 0.4) is 0 Å². The zero-order valence-electron chi connectivity index (χ0n) is 10.8. The molecule has 0 N–H and O–H groups in total. The molecule has 1 heterocycles. The van der Waals surface area contributed by atoms with Gasteiger partial charge in [0.25, 0.3) is 0 Å². The predicted octanol–water partition coefficient (Wildman–Crippen LogP) is 2.84. The second kappa shape index (κ2) is 7.64. The van der Waals surface area contributed by atoms with E-state index in [0.717, 1.165) is 31.8 Å². The van der Waals surface area contributed by atoms with Crippen molar-refractivity contribution in [2.45, 2.75) is 20.4 Å². The van der Waals surface area contributed by atoms with Crippen molar-refractivity contribution in [3.05, 3.63) is 29.0 Å². The van der Waals surface area contributed by atoms with Gasteiger partial charge in [0.05, 0.1) is 6.61 Å². The lowest BCUT2D eigenvalue weighted by Crippen LogP contribution is -2.30. The molecule has 0 aliphatic carbocycles. The zero-order valence-corrected chi connectivity index (χ0v) is 11.6. The van der Waals surface area contributed by atoms with E-state index in [-0.39, 0.29) is 0 Å². The number of aromatic nitrogens is 1. The van der Waals surface area contributed by atoms with E-state index in [1.807, 2.05) is 12.1 Å². The molecule has 1 aromatic heterocycles. The standard InChI is InChI=1S/C13H21ClN2O/c1-11(2)9-16(7-8-17-3)10-12-5-4-6-15-13(12)14/h4-6,11H,7-10H2,1-3H3. The summed E-state index contributed by atoms with van der Waals surface area (Å²) in [4.78, 5) is 6.44. The van der Waals surface area contributed by atoms with Gasteiger partial charge in [0, 0.05) is 38.5 Å². The van der Waals surface area contributed by atoms with E-state index in [2.05, 4.69) is 23.7 Å². The van der Waals surface area contributed by atoms with Crippen molar-refractivity contribution in [2.24, 2.45) is 5.92 Å². The SMILES string of the molecule is COCCN(Cc1cccnc1Cl)CC(C)C. The number of rotatable bonds is 7. The van der Waals surface area contributed by atoms with Crippen molar-refractivity contribution in [3.8, 4) is 0 Å². The van der Waals surface area contributed by atoms with Crippen LogP contribution in [0.4, 0.5) is 0 Å². The van der Waals surface area contributed by atoms with E-state index in [9.17, 15) is 0 Å². The van der Waals surface area contributed by atoms with Gasteiger partial charge in [0.2, 0.25) is 0 Å². The first-order valence-electron chi connectivity index (χ1n) is 5.94. The van der Waals surface area contributed by atoms with Crippen molar-refractivity contribution >= 4 is 11.6 Å². The third-order valence-electron chi connectivity index (χ3n) is 2.47. The number of methoxy groups -OCH3 is 1. The summed E-state index contributed by atoms with van der Waals surface area (Å²) in [5, 5.41) is 0.596. The van der Waals surface area contributed by atoms with E-state index in [1.54, 1.807) is 13.3 Å². The van der Waals surface area contributed by atoms with Crippen molar-refractivity contribution in [3.63, 3.8) is 0 Å². The van der Waals surface area contributed by atoms with Gasteiger partial charge < -0.3 is 4.74 Å². The van der Waals surface area contributed by atoms with E-state index in [4.69, 9.17) is 16.3 Å². The molecule has 0 amide bonds. The molecule has 0 radical (unpaired) electrons. The van der Waals surface area contributed by atoms with Gasteiger partial charge in [0.15, 0.2) is 0 Å². The third kappa shape index (κ3) is 5.48. The molecule has 0 atom stereocenters. The zero-order chi connectivity index (χ0) is 12.7. The maximum absolute atomic E-state index is 6.07. The van der Waals surface area contributed by atoms with Crippen LogP contribution in [0, 0.1) is 5.92 Å². The molecule has 1 aromatic rings. The van der Waals surface area contributed by atoms with Crippen LogP contribution in [0.15, 0.2) is 18.3 Å². The minimum Gasteiger partial charge on any atom is -0.383 e. The molecule has 0 aromatic carbocycles. The average Bonchev–Trinajstić information content (AvgIpc) is 2.28. The van der Waals surface area contributed by atoms with Crippen LogP contribution < -0.4 is 0 Å². The molecule has 0 bridgehead atoms. The van der Waals surface area contributed by atoms with Crippen LogP contribution in [-0.4, -0.2) is 36.7 Å². The summed E-state index contributed by atoms with van der Waals surface area (Å²) < 4.78 is 5.13. The van der Waals surface area contributed by atoms with Gasteiger partial charge in [-0.15, -0.1) is 0 Å². The molecular formula is C13H21ClN2O. The smallest absolute Gasteiger partial charge is 0.133 e. The van der Waals surface area contributed by atoms with E-state index >= 15 is 0 Å². The Morgan fingerprint density at radius 3 is 2.82 bits per heavy atom. The van der Waals surface area contributed by atoms with Gasteiger partial charge in [0.1, 0.15) is 5.15 Å². The van der Waals surface area contributed by atoms with Crippen molar-refractivity contribution in [1.82, 2.24) is 9.88 Å². The highest BCUT2D eigenvalue weighted by Crippen LogP contribution is 2.14. The number of hydrogen-bond donors (Lipinski definition) is 0. The van der Waals surface area contributed by atoms with Crippen molar-refractivity contribution in [1.29, 1.82) is 0 Å². The van der Waals surface area contributed by atoms with Gasteiger partial charge in [-0.25, -0.2) is 4.98 Å². The average molecular weight is 257 g/mol. The highest BCUT2D eigenvalue weighted by molar-refractivity contribution is 6.30. The van der Waals surface area contributed by atoms with Gasteiger partial charge in [-0.3, -0.25) is 4.90 Å². The number of nitrogens with zero attached hydrogens (tertiary/aromatic N) is 2. The normalized spacial score (nSPS) is 11.4. The van der Waals surface area contributed by atoms with Crippen LogP contribution in [0.25, 0.3) is 0 Å². The van der Waals surface area contributed by atoms with Crippen molar-refractivity contribution < 1.29 is 4.74 Å². The molecule has 0 saturated heterocycles. The lowest BCUT2D eigenvalue weighted by Gasteiger charge is -2.24. The second-order valence-electron chi connectivity index (χ2n) is 4.58. The first kappa shape index (κ1) is 14.4. The molecule has 3 nitrogen and oxygen atoms in total. The molecule has 96 valence electrons. The second-order valence-corrected chi connectivity index (χ2v) is 4.93. The van der Waals surface area contributed by atoms with Crippen molar-refractivity contribution in [2.75, 3.05) is 26.8 Å². The molecule has 1 rings (SSSR count).